The molecular weight excluding hydrogens is 360 g/mol. The molecule has 7 heteroatoms. The van der Waals surface area contributed by atoms with Crippen molar-refractivity contribution < 1.29 is 14.6 Å². The van der Waals surface area contributed by atoms with E-state index in [0.29, 0.717) is 15.4 Å². The molecule has 0 bridgehead atoms. The van der Waals surface area contributed by atoms with E-state index in [9.17, 15) is 4.79 Å². The van der Waals surface area contributed by atoms with Gasteiger partial charge in [-0.3, -0.25) is 0 Å². The Labute approximate surface area is 135 Å². The first-order valence-electron chi connectivity index (χ1n) is 6.04. The van der Waals surface area contributed by atoms with E-state index < -0.39 is 12.1 Å². The average Bonchev–Trinajstić information content (AvgIpc) is 2.45. The van der Waals surface area contributed by atoms with E-state index in [0.717, 1.165) is 5.56 Å². The Bertz CT molecular complexity index is 625. The minimum Gasteiger partial charge on any atom is -0.474 e. The third-order valence-corrected chi connectivity index (χ3v) is 3.44. The number of ether oxygens (including phenoxy) is 1. The lowest BCUT2D eigenvalue weighted by Gasteiger charge is -2.18. The Morgan fingerprint density at radius 1 is 1.43 bits per heavy atom. The molecule has 2 aromatic rings. The maximum atomic E-state index is 10.9. The van der Waals surface area contributed by atoms with Crippen LogP contribution in [0, 0.1) is 0 Å². The molecule has 0 fully saturated rings. The molecule has 0 saturated heterocycles. The van der Waals surface area contributed by atoms with Crippen LogP contribution in [0.2, 0.25) is 5.02 Å². The second kappa shape index (κ2) is 7.28. The van der Waals surface area contributed by atoms with Crippen molar-refractivity contribution in [3.63, 3.8) is 0 Å². The average molecular weight is 372 g/mol. The fourth-order valence-corrected chi connectivity index (χ4v) is 2.48. The highest BCUT2D eigenvalue weighted by molar-refractivity contribution is 9.10. The zero-order valence-corrected chi connectivity index (χ0v) is 13.1. The molecule has 0 unspecified atom stereocenters. The fraction of sp³-hybridized carbons (Fsp3) is 0.143. The third kappa shape index (κ3) is 4.61. The number of nitrogens with one attached hydrogen (secondary N) is 1. The largest absolute Gasteiger partial charge is 0.474 e. The number of rotatable bonds is 5. The number of hydrogen-bond donors (Lipinski definition) is 2. The summed E-state index contributed by atoms with van der Waals surface area (Å²) in [5.41, 5.74) is 0.810. The second-order valence-corrected chi connectivity index (χ2v) is 5.46. The van der Waals surface area contributed by atoms with Crippen molar-refractivity contribution in [2.75, 3.05) is 6.61 Å². The van der Waals surface area contributed by atoms with Gasteiger partial charge < -0.3 is 15.2 Å². The number of carboxylic acid groups (broad SMARTS) is 1. The van der Waals surface area contributed by atoms with Crippen molar-refractivity contribution in [3.8, 4) is 5.88 Å². The quantitative estimate of drug-likeness (QED) is 0.836. The SMILES string of the molecule is O=C(O)N[C@H](COc1ncc(Cl)cc1Br)c1ccccc1. The standard InChI is InChI=1S/C14H12BrClN2O3/c15-11-6-10(16)7-17-13(11)21-8-12(18-14(19)20)9-4-2-1-3-5-9/h1-7,12,18H,8H2,(H,19,20)/t12-/m1/s1. The van der Waals surface area contributed by atoms with Crippen molar-refractivity contribution >= 4 is 33.6 Å². The van der Waals surface area contributed by atoms with Crippen LogP contribution in [0.25, 0.3) is 0 Å². The van der Waals surface area contributed by atoms with Crippen LogP contribution < -0.4 is 10.1 Å². The zero-order chi connectivity index (χ0) is 15.2. The van der Waals surface area contributed by atoms with Crippen LogP contribution in [-0.4, -0.2) is 22.8 Å². The van der Waals surface area contributed by atoms with Gasteiger partial charge in [-0.25, -0.2) is 9.78 Å². The molecule has 2 rings (SSSR count). The molecule has 1 atom stereocenters. The van der Waals surface area contributed by atoms with Crippen LogP contribution >= 0.6 is 27.5 Å². The number of aromatic nitrogens is 1. The number of amides is 1. The van der Waals surface area contributed by atoms with Gasteiger partial charge in [0.1, 0.15) is 6.61 Å². The number of hydrogen-bond acceptors (Lipinski definition) is 3. The normalized spacial score (nSPS) is 11.7. The highest BCUT2D eigenvalue weighted by Gasteiger charge is 2.16. The second-order valence-electron chi connectivity index (χ2n) is 4.16. The first-order valence-corrected chi connectivity index (χ1v) is 7.21. The molecule has 21 heavy (non-hydrogen) atoms. The Kier molecular flexibility index (Phi) is 5.41. The summed E-state index contributed by atoms with van der Waals surface area (Å²) in [5, 5.41) is 11.8. The molecule has 110 valence electrons. The molecule has 0 saturated carbocycles. The third-order valence-electron chi connectivity index (χ3n) is 2.66. The Balaban J connectivity index is 2.10. The van der Waals surface area contributed by atoms with Gasteiger partial charge in [0.05, 0.1) is 15.5 Å². The van der Waals surface area contributed by atoms with E-state index in [2.05, 4.69) is 26.2 Å². The van der Waals surface area contributed by atoms with Crippen LogP contribution in [0.4, 0.5) is 4.79 Å². The first-order chi connectivity index (χ1) is 10.1. The summed E-state index contributed by atoms with van der Waals surface area (Å²) < 4.78 is 6.18. The molecule has 1 heterocycles. The lowest BCUT2D eigenvalue weighted by atomic mass is 10.1. The van der Waals surface area contributed by atoms with E-state index in [-0.39, 0.29) is 6.61 Å². The maximum absolute atomic E-state index is 10.9. The summed E-state index contributed by atoms with van der Waals surface area (Å²) in [7, 11) is 0. The van der Waals surface area contributed by atoms with Crippen LogP contribution in [-0.2, 0) is 0 Å². The van der Waals surface area contributed by atoms with Crippen molar-refractivity contribution in [1.29, 1.82) is 0 Å². The van der Waals surface area contributed by atoms with Gasteiger partial charge in [0.15, 0.2) is 0 Å². The minimum atomic E-state index is -1.12. The lowest BCUT2D eigenvalue weighted by Crippen LogP contribution is -2.31. The molecule has 1 amide bonds. The zero-order valence-electron chi connectivity index (χ0n) is 10.8. The molecule has 0 aliphatic carbocycles. The predicted octanol–water partition coefficient (Wildman–Crippen LogP) is 3.89. The summed E-state index contributed by atoms with van der Waals surface area (Å²) in [5.74, 6) is 0.354. The number of benzene rings is 1. The summed E-state index contributed by atoms with van der Waals surface area (Å²) in [6.07, 6.45) is 0.347. The predicted molar refractivity (Wildman–Crippen MR) is 82.8 cm³/mol. The summed E-state index contributed by atoms with van der Waals surface area (Å²) in [6, 6.07) is 10.4. The van der Waals surface area contributed by atoms with Gasteiger partial charge in [0.25, 0.3) is 0 Å². The van der Waals surface area contributed by atoms with Gasteiger partial charge in [-0.1, -0.05) is 41.9 Å². The van der Waals surface area contributed by atoms with Crippen molar-refractivity contribution in [2.45, 2.75) is 6.04 Å². The van der Waals surface area contributed by atoms with Crippen molar-refractivity contribution in [1.82, 2.24) is 10.3 Å². The van der Waals surface area contributed by atoms with E-state index in [4.69, 9.17) is 21.4 Å². The van der Waals surface area contributed by atoms with E-state index >= 15 is 0 Å². The molecule has 1 aromatic carbocycles. The number of carbonyl (C=O) groups is 1. The fourth-order valence-electron chi connectivity index (χ4n) is 1.73. The molecule has 0 aliphatic heterocycles. The van der Waals surface area contributed by atoms with Gasteiger partial charge in [0.2, 0.25) is 5.88 Å². The summed E-state index contributed by atoms with van der Waals surface area (Å²) in [4.78, 5) is 14.9. The molecular formula is C14H12BrClN2O3. The molecule has 1 aromatic heterocycles. The Morgan fingerprint density at radius 2 is 2.14 bits per heavy atom. The van der Waals surface area contributed by atoms with Crippen LogP contribution in [0.3, 0.4) is 0 Å². The topological polar surface area (TPSA) is 71.5 Å². The molecule has 5 nitrogen and oxygen atoms in total. The number of pyridine rings is 1. The number of nitrogens with zero attached hydrogens (tertiary/aromatic N) is 1. The maximum Gasteiger partial charge on any atom is 0.405 e. The van der Waals surface area contributed by atoms with Crippen LogP contribution in [0.1, 0.15) is 11.6 Å². The van der Waals surface area contributed by atoms with E-state index in [1.807, 2.05) is 30.3 Å². The summed E-state index contributed by atoms with van der Waals surface area (Å²) in [6.45, 7) is 0.115. The first kappa shape index (κ1) is 15.6. The van der Waals surface area contributed by atoms with Crippen LogP contribution in [0.15, 0.2) is 47.1 Å². The monoisotopic (exact) mass is 370 g/mol. The Morgan fingerprint density at radius 3 is 2.76 bits per heavy atom. The summed E-state index contributed by atoms with van der Waals surface area (Å²) >= 11 is 9.10. The number of halogens is 2. The van der Waals surface area contributed by atoms with Gasteiger partial charge >= 0.3 is 6.09 Å². The highest BCUT2D eigenvalue weighted by Crippen LogP contribution is 2.26. The highest BCUT2D eigenvalue weighted by atomic mass is 79.9. The molecule has 0 spiro atoms. The van der Waals surface area contributed by atoms with E-state index in [1.54, 1.807) is 6.07 Å². The minimum absolute atomic E-state index is 0.115. The lowest BCUT2D eigenvalue weighted by molar-refractivity contribution is 0.180. The van der Waals surface area contributed by atoms with Gasteiger partial charge in [-0.2, -0.15) is 0 Å². The van der Waals surface area contributed by atoms with Gasteiger partial charge in [-0.05, 0) is 27.6 Å². The smallest absolute Gasteiger partial charge is 0.405 e. The van der Waals surface area contributed by atoms with Crippen molar-refractivity contribution in [2.24, 2.45) is 0 Å². The molecule has 0 aliphatic rings. The van der Waals surface area contributed by atoms with Gasteiger partial charge in [-0.15, -0.1) is 0 Å². The van der Waals surface area contributed by atoms with E-state index in [1.165, 1.54) is 6.20 Å². The molecule has 0 radical (unpaired) electrons. The van der Waals surface area contributed by atoms with Crippen molar-refractivity contribution in [3.05, 3.63) is 57.7 Å². The van der Waals surface area contributed by atoms with Gasteiger partial charge in [0, 0.05) is 6.20 Å². The van der Waals surface area contributed by atoms with Crippen LogP contribution in [0.5, 0.6) is 5.88 Å². The Hall–Kier alpha value is -1.79. The molecule has 2 N–H and O–H groups in total.